The molecule has 2 heterocycles. The van der Waals surface area contributed by atoms with E-state index in [-0.39, 0.29) is 12.7 Å². The van der Waals surface area contributed by atoms with Gasteiger partial charge >= 0.3 is 0 Å². The first-order valence-electron chi connectivity index (χ1n) is 8.77. The van der Waals surface area contributed by atoms with Gasteiger partial charge in [-0.3, -0.25) is 4.90 Å². The van der Waals surface area contributed by atoms with Crippen LogP contribution in [0.2, 0.25) is 0 Å². The highest BCUT2D eigenvalue weighted by atomic mass is 16.5. The van der Waals surface area contributed by atoms with Crippen molar-refractivity contribution in [1.29, 1.82) is 0 Å². The zero-order valence-corrected chi connectivity index (χ0v) is 15.0. The van der Waals surface area contributed by atoms with Crippen LogP contribution in [0, 0.1) is 5.92 Å². The molecule has 6 heteroatoms. The maximum Gasteiger partial charge on any atom is 0.137 e. The summed E-state index contributed by atoms with van der Waals surface area (Å²) >= 11 is 0. The lowest BCUT2D eigenvalue weighted by atomic mass is 9.99. The number of hydrogen-bond acceptors (Lipinski definition) is 5. The molecule has 1 N–H and O–H groups in total. The molecule has 1 aromatic carbocycles. The normalized spacial score (nSPS) is 20.3. The summed E-state index contributed by atoms with van der Waals surface area (Å²) in [5.74, 6) is 2.22. The van der Waals surface area contributed by atoms with E-state index in [1.54, 1.807) is 7.11 Å². The second-order valence-electron chi connectivity index (χ2n) is 6.51. The number of nitrogens with zero attached hydrogens (tertiary/aromatic N) is 3. The van der Waals surface area contributed by atoms with E-state index in [2.05, 4.69) is 16.0 Å². The highest BCUT2D eigenvalue weighted by Crippen LogP contribution is 2.34. The van der Waals surface area contributed by atoms with Gasteiger partial charge in [0.25, 0.3) is 0 Å². The van der Waals surface area contributed by atoms with Gasteiger partial charge in [0.05, 0.1) is 13.7 Å². The summed E-state index contributed by atoms with van der Waals surface area (Å²) in [5, 5.41) is 9.49. The number of hydrogen-bond donors (Lipinski definition) is 1. The van der Waals surface area contributed by atoms with Crippen molar-refractivity contribution in [2.45, 2.75) is 19.1 Å². The van der Waals surface area contributed by atoms with Crippen LogP contribution in [0.15, 0.2) is 36.7 Å². The maximum absolute atomic E-state index is 9.49. The number of benzene rings is 1. The van der Waals surface area contributed by atoms with Gasteiger partial charge in [-0.25, -0.2) is 4.98 Å². The third-order valence-electron chi connectivity index (χ3n) is 4.82. The van der Waals surface area contributed by atoms with Gasteiger partial charge in [-0.05, 0) is 12.5 Å². The molecule has 6 nitrogen and oxygen atoms in total. The number of aliphatic hydroxyl groups excluding tert-OH is 1. The molecule has 25 heavy (non-hydrogen) atoms. The zero-order chi connectivity index (χ0) is 17.6. The summed E-state index contributed by atoms with van der Waals surface area (Å²) in [6.07, 6.45) is 4.78. The fraction of sp³-hybridized carbons (Fsp3) is 0.526. The van der Waals surface area contributed by atoms with E-state index in [4.69, 9.17) is 9.47 Å². The molecule has 1 aromatic heterocycles. The fourth-order valence-corrected chi connectivity index (χ4v) is 3.54. The molecule has 0 radical (unpaired) electrons. The Morgan fingerprint density at radius 1 is 1.40 bits per heavy atom. The lowest BCUT2D eigenvalue weighted by molar-refractivity contribution is 0.0651. The third-order valence-corrected chi connectivity index (χ3v) is 4.82. The van der Waals surface area contributed by atoms with Crippen molar-refractivity contribution in [3.63, 3.8) is 0 Å². The first kappa shape index (κ1) is 17.9. The Morgan fingerprint density at radius 3 is 2.96 bits per heavy atom. The van der Waals surface area contributed by atoms with Crippen LogP contribution in [-0.2, 0) is 18.3 Å². The van der Waals surface area contributed by atoms with E-state index >= 15 is 0 Å². The minimum Gasteiger partial charge on any atom is -0.496 e. The van der Waals surface area contributed by atoms with Crippen LogP contribution in [0.1, 0.15) is 23.9 Å². The largest absolute Gasteiger partial charge is 0.496 e. The second-order valence-corrected chi connectivity index (χ2v) is 6.51. The number of aliphatic hydroxyl groups is 1. The Balaban J connectivity index is 1.71. The van der Waals surface area contributed by atoms with Gasteiger partial charge in [0, 0.05) is 57.2 Å². The minimum atomic E-state index is 0.0128. The molecule has 2 atom stereocenters. The molecular weight excluding hydrogens is 318 g/mol. The number of ether oxygens (including phenoxy) is 2. The summed E-state index contributed by atoms with van der Waals surface area (Å²) in [7, 11) is 3.69. The van der Waals surface area contributed by atoms with Crippen molar-refractivity contribution >= 4 is 0 Å². The quantitative estimate of drug-likeness (QED) is 0.793. The second kappa shape index (κ2) is 8.47. The molecule has 1 fully saturated rings. The van der Waals surface area contributed by atoms with Gasteiger partial charge in [-0.2, -0.15) is 0 Å². The smallest absolute Gasteiger partial charge is 0.137 e. The van der Waals surface area contributed by atoms with E-state index in [9.17, 15) is 5.11 Å². The van der Waals surface area contributed by atoms with E-state index in [0.717, 1.165) is 43.3 Å². The predicted octanol–water partition coefficient (Wildman–Crippen LogP) is 2.00. The topological polar surface area (TPSA) is 59.8 Å². The molecule has 0 aliphatic carbocycles. The van der Waals surface area contributed by atoms with Gasteiger partial charge in [0.15, 0.2) is 0 Å². The lowest BCUT2D eigenvalue weighted by Gasteiger charge is -2.27. The average Bonchev–Trinajstić information content (AvgIpc) is 3.24. The van der Waals surface area contributed by atoms with Crippen molar-refractivity contribution in [2.24, 2.45) is 13.0 Å². The van der Waals surface area contributed by atoms with Crippen LogP contribution in [0.25, 0.3) is 0 Å². The first-order chi connectivity index (χ1) is 12.2. The predicted molar refractivity (Wildman–Crippen MR) is 95.4 cm³/mol. The summed E-state index contributed by atoms with van der Waals surface area (Å²) in [4.78, 5) is 6.73. The van der Waals surface area contributed by atoms with Crippen molar-refractivity contribution in [3.05, 3.63) is 48.0 Å². The molecule has 1 saturated heterocycles. The van der Waals surface area contributed by atoms with Crippen LogP contribution in [0.5, 0.6) is 5.75 Å². The van der Waals surface area contributed by atoms with Gasteiger partial charge in [-0.15, -0.1) is 0 Å². The molecule has 0 spiro atoms. The fourth-order valence-electron chi connectivity index (χ4n) is 3.54. The van der Waals surface area contributed by atoms with Crippen molar-refractivity contribution in [1.82, 2.24) is 14.5 Å². The molecule has 136 valence electrons. The molecule has 3 rings (SSSR count). The van der Waals surface area contributed by atoms with E-state index in [1.165, 1.54) is 0 Å². The summed E-state index contributed by atoms with van der Waals surface area (Å²) in [6, 6.07) is 8.04. The number of aryl methyl sites for hydroxylation is 1. The Hall–Kier alpha value is -1.89. The monoisotopic (exact) mass is 345 g/mol. The molecule has 0 amide bonds. The first-order valence-corrected chi connectivity index (χ1v) is 8.77. The van der Waals surface area contributed by atoms with Crippen molar-refractivity contribution in [2.75, 3.05) is 33.4 Å². The van der Waals surface area contributed by atoms with Crippen molar-refractivity contribution < 1.29 is 14.6 Å². The summed E-state index contributed by atoms with van der Waals surface area (Å²) in [6.45, 7) is 3.12. The number of aromatic nitrogens is 2. The average molecular weight is 345 g/mol. The number of rotatable bonds is 8. The number of imidazole rings is 1. The Bertz CT molecular complexity index is 673. The van der Waals surface area contributed by atoms with Gasteiger partial charge in [0.2, 0.25) is 0 Å². The maximum atomic E-state index is 9.49. The molecule has 1 aliphatic rings. The van der Waals surface area contributed by atoms with Crippen LogP contribution >= 0.6 is 0 Å². The number of para-hydroxylation sites is 1. The Morgan fingerprint density at radius 2 is 2.24 bits per heavy atom. The van der Waals surface area contributed by atoms with Gasteiger partial charge in [0.1, 0.15) is 17.7 Å². The molecule has 1 aliphatic heterocycles. The minimum absolute atomic E-state index is 0.0128. The van der Waals surface area contributed by atoms with Crippen LogP contribution in [0.3, 0.4) is 0 Å². The Kier molecular flexibility index (Phi) is 6.07. The Labute approximate surface area is 149 Å². The molecule has 0 bridgehead atoms. The highest BCUT2D eigenvalue weighted by molar-refractivity contribution is 5.33. The van der Waals surface area contributed by atoms with Gasteiger partial charge < -0.3 is 19.1 Å². The van der Waals surface area contributed by atoms with Crippen LogP contribution in [0.4, 0.5) is 0 Å². The zero-order valence-electron chi connectivity index (χ0n) is 15.0. The molecule has 0 saturated carbocycles. The summed E-state index contributed by atoms with van der Waals surface area (Å²) < 4.78 is 13.5. The van der Waals surface area contributed by atoms with Gasteiger partial charge in [-0.1, -0.05) is 18.2 Å². The highest BCUT2D eigenvalue weighted by Gasteiger charge is 2.33. The molecular formula is C19H27N3O3. The van der Waals surface area contributed by atoms with Crippen molar-refractivity contribution in [3.8, 4) is 5.75 Å². The van der Waals surface area contributed by atoms with Crippen LogP contribution < -0.4 is 4.74 Å². The van der Waals surface area contributed by atoms with E-state index in [1.807, 2.05) is 42.2 Å². The van der Waals surface area contributed by atoms with E-state index < -0.39 is 0 Å². The number of methoxy groups -OCH3 is 1. The lowest BCUT2D eigenvalue weighted by Crippen LogP contribution is -2.33. The summed E-state index contributed by atoms with van der Waals surface area (Å²) in [5.41, 5.74) is 1.13. The van der Waals surface area contributed by atoms with E-state index in [0.29, 0.717) is 12.5 Å². The SMILES string of the molecule is COc1ccccc1CN(CCO)C[C@@H]1CCO[C@H]1c1nccn1C. The standard InChI is InChI=1S/C19H27N3O3/c1-21-9-8-20-19(21)18-16(7-12-25-18)14-22(10-11-23)13-15-5-3-4-6-17(15)24-2/h3-6,8-9,16,18,23H,7,10-14H2,1-2H3/t16-,18+/m0/s1. The third kappa shape index (κ3) is 4.21. The van der Waals surface area contributed by atoms with Crippen LogP contribution in [-0.4, -0.2) is 53.0 Å². The molecule has 0 unspecified atom stereocenters. The molecule has 2 aromatic rings.